The maximum Gasteiger partial charge on any atom is 0.151 e. The van der Waals surface area contributed by atoms with E-state index in [9.17, 15) is 8.42 Å². The fourth-order valence-corrected chi connectivity index (χ4v) is 2.57. The van der Waals surface area contributed by atoms with E-state index in [4.69, 9.17) is 5.73 Å². The van der Waals surface area contributed by atoms with Crippen LogP contribution in [0.15, 0.2) is 11.1 Å². The standard InChI is InChI=1S/C9H17N3O2S2/c1-3-15-9-7-8(10)12(11-9)5-6-16(13,14)4-2/h7H,3-6,10H2,1-2H3. The van der Waals surface area contributed by atoms with Gasteiger partial charge in [0.05, 0.1) is 12.3 Å². The SMILES string of the molecule is CCSc1cc(N)n(CCS(=O)(=O)CC)n1. The lowest BCUT2D eigenvalue weighted by Crippen LogP contribution is -2.16. The number of hydrogen-bond donors (Lipinski definition) is 1. The Kier molecular flexibility index (Phi) is 4.67. The van der Waals surface area contributed by atoms with Crippen molar-refractivity contribution in [3.05, 3.63) is 6.07 Å². The summed E-state index contributed by atoms with van der Waals surface area (Å²) in [6.45, 7) is 3.99. The summed E-state index contributed by atoms with van der Waals surface area (Å²) in [5.74, 6) is 1.68. The van der Waals surface area contributed by atoms with Crippen molar-refractivity contribution in [2.24, 2.45) is 0 Å². The van der Waals surface area contributed by atoms with Gasteiger partial charge >= 0.3 is 0 Å². The number of nitrogens with two attached hydrogens (primary N) is 1. The van der Waals surface area contributed by atoms with Crippen LogP contribution < -0.4 is 5.73 Å². The quantitative estimate of drug-likeness (QED) is 0.775. The monoisotopic (exact) mass is 263 g/mol. The second-order valence-corrected chi connectivity index (χ2v) is 7.06. The molecule has 0 aliphatic rings. The van der Waals surface area contributed by atoms with E-state index in [0.717, 1.165) is 10.8 Å². The molecule has 0 fully saturated rings. The Labute approximate surface area is 100 Å². The van der Waals surface area contributed by atoms with Gasteiger partial charge in [0.15, 0.2) is 9.84 Å². The van der Waals surface area contributed by atoms with E-state index in [1.165, 1.54) is 0 Å². The predicted molar refractivity (Wildman–Crippen MR) is 67.4 cm³/mol. The molecule has 0 radical (unpaired) electrons. The van der Waals surface area contributed by atoms with Crippen LogP contribution in [0.25, 0.3) is 0 Å². The van der Waals surface area contributed by atoms with Gasteiger partial charge in [-0.15, -0.1) is 11.8 Å². The Morgan fingerprint density at radius 3 is 2.75 bits per heavy atom. The van der Waals surface area contributed by atoms with Gasteiger partial charge in [-0.05, 0) is 5.75 Å². The first-order valence-electron chi connectivity index (χ1n) is 5.15. The van der Waals surface area contributed by atoms with E-state index in [1.54, 1.807) is 29.4 Å². The van der Waals surface area contributed by atoms with Crippen molar-refractivity contribution in [3.8, 4) is 0 Å². The summed E-state index contributed by atoms with van der Waals surface area (Å²) in [6.07, 6.45) is 0. The molecule has 1 heterocycles. The van der Waals surface area contributed by atoms with Crippen molar-refractivity contribution in [2.45, 2.75) is 25.4 Å². The van der Waals surface area contributed by atoms with E-state index in [0.29, 0.717) is 12.4 Å². The van der Waals surface area contributed by atoms with Crippen LogP contribution in [0.2, 0.25) is 0 Å². The van der Waals surface area contributed by atoms with Gasteiger partial charge in [-0.3, -0.25) is 0 Å². The number of aromatic nitrogens is 2. The topological polar surface area (TPSA) is 78.0 Å². The second kappa shape index (κ2) is 5.58. The van der Waals surface area contributed by atoms with Crippen LogP contribution >= 0.6 is 11.8 Å². The molecule has 5 nitrogen and oxygen atoms in total. The Hall–Kier alpha value is -0.690. The van der Waals surface area contributed by atoms with Gasteiger partial charge in [-0.2, -0.15) is 5.10 Å². The summed E-state index contributed by atoms with van der Waals surface area (Å²) in [5.41, 5.74) is 5.73. The molecule has 1 aromatic heterocycles. The first-order valence-corrected chi connectivity index (χ1v) is 7.95. The molecular formula is C9H17N3O2S2. The van der Waals surface area contributed by atoms with E-state index in [2.05, 4.69) is 5.10 Å². The fourth-order valence-electron chi connectivity index (χ4n) is 1.17. The highest BCUT2D eigenvalue weighted by Crippen LogP contribution is 2.18. The first kappa shape index (κ1) is 13.4. The molecule has 0 bridgehead atoms. The lowest BCUT2D eigenvalue weighted by molar-refractivity contribution is 0.581. The van der Waals surface area contributed by atoms with Crippen LogP contribution in [0.4, 0.5) is 5.82 Å². The maximum absolute atomic E-state index is 11.3. The van der Waals surface area contributed by atoms with Crippen LogP contribution in [0, 0.1) is 0 Å². The zero-order chi connectivity index (χ0) is 12.2. The fraction of sp³-hybridized carbons (Fsp3) is 0.667. The highest BCUT2D eigenvalue weighted by molar-refractivity contribution is 7.99. The van der Waals surface area contributed by atoms with Crippen molar-refractivity contribution in [1.29, 1.82) is 0 Å². The molecule has 0 aliphatic carbocycles. The third-order valence-electron chi connectivity index (χ3n) is 2.13. The number of sulfone groups is 1. The largest absolute Gasteiger partial charge is 0.384 e. The third-order valence-corrected chi connectivity index (χ3v) is 4.60. The first-order chi connectivity index (χ1) is 7.48. The molecule has 0 aliphatic heterocycles. The third kappa shape index (κ3) is 3.71. The van der Waals surface area contributed by atoms with Crippen LogP contribution in [0.3, 0.4) is 0 Å². The lowest BCUT2D eigenvalue weighted by Gasteiger charge is -2.03. The summed E-state index contributed by atoms with van der Waals surface area (Å²) in [6, 6.07) is 1.77. The highest BCUT2D eigenvalue weighted by Gasteiger charge is 2.10. The minimum absolute atomic E-state index is 0.0889. The molecule has 0 amide bonds. The molecule has 1 rings (SSSR count). The van der Waals surface area contributed by atoms with Gasteiger partial charge in [0.1, 0.15) is 10.8 Å². The summed E-state index contributed by atoms with van der Waals surface area (Å²) in [7, 11) is -2.96. The number of thioether (sulfide) groups is 1. The van der Waals surface area contributed by atoms with Gasteiger partial charge in [0.2, 0.25) is 0 Å². The van der Waals surface area contributed by atoms with Gasteiger partial charge in [-0.1, -0.05) is 13.8 Å². The molecule has 0 saturated carbocycles. The van der Waals surface area contributed by atoms with Gasteiger partial charge < -0.3 is 5.73 Å². The molecule has 2 N–H and O–H groups in total. The number of nitrogen functional groups attached to an aromatic ring is 1. The number of aryl methyl sites for hydroxylation is 1. The van der Waals surface area contributed by atoms with E-state index >= 15 is 0 Å². The van der Waals surface area contributed by atoms with Crippen LogP contribution in [0.1, 0.15) is 13.8 Å². The van der Waals surface area contributed by atoms with Crippen molar-refractivity contribution in [3.63, 3.8) is 0 Å². The molecule has 1 aromatic rings. The Morgan fingerprint density at radius 2 is 2.19 bits per heavy atom. The molecule has 0 atom stereocenters. The molecule has 0 aromatic carbocycles. The highest BCUT2D eigenvalue weighted by atomic mass is 32.2. The van der Waals surface area contributed by atoms with Crippen molar-refractivity contribution in [2.75, 3.05) is 23.0 Å². The van der Waals surface area contributed by atoms with Crippen LogP contribution in [-0.2, 0) is 16.4 Å². The van der Waals surface area contributed by atoms with Crippen molar-refractivity contribution >= 4 is 27.4 Å². The molecule has 0 saturated heterocycles. The van der Waals surface area contributed by atoms with E-state index < -0.39 is 9.84 Å². The summed E-state index contributed by atoms with van der Waals surface area (Å²) in [5, 5.41) is 5.07. The molecule has 0 unspecified atom stereocenters. The lowest BCUT2D eigenvalue weighted by atomic mass is 10.6. The number of hydrogen-bond acceptors (Lipinski definition) is 5. The van der Waals surface area contributed by atoms with E-state index in [-0.39, 0.29) is 11.5 Å². The van der Waals surface area contributed by atoms with Gasteiger partial charge in [0.25, 0.3) is 0 Å². The molecule has 7 heteroatoms. The Bertz CT molecular complexity index is 440. The number of anilines is 1. The summed E-state index contributed by atoms with van der Waals surface area (Å²) >= 11 is 1.59. The zero-order valence-electron chi connectivity index (χ0n) is 9.51. The molecule has 92 valence electrons. The average molecular weight is 263 g/mol. The maximum atomic E-state index is 11.3. The molecule has 0 spiro atoms. The van der Waals surface area contributed by atoms with E-state index in [1.807, 2.05) is 6.92 Å². The summed E-state index contributed by atoms with van der Waals surface area (Å²) < 4.78 is 24.2. The second-order valence-electron chi connectivity index (χ2n) is 3.30. The van der Waals surface area contributed by atoms with Gasteiger partial charge in [-0.25, -0.2) is 13.1 Å². The minimum atomic E-state index is -2.96. The number of rotatable bonds is 6. The smallest absolute Gasteiger partial charge is 0.151 e. The number of nitrogens with zero attached hydrogens (tertiary/aromatic N) is 2. The van der Waals surface area contributed by atoms with Crippen LogP contribution in [-0.4, -0.2) is 35.5 Å². The Morgan fingerprint density at radius 1 is 1.50 bits per heavy atom. The van der Waals surface area contributed by atoms with Crippen molar-refractivity contribution < 1.29 is 8.42 Å². The molecular weight excluding hydrogens is 246 g/mol. The average Bonchev–Trinajstić information content (AvgIpc) is 2.57. The minimum Gasteiger partial charge on any atom is -0.384 e. The van der Waals surface area contributed by atoms with Crippen molar-refractivity contribution in [1.82, 2.24) is 9.78 Å². The normalized spacial score (nSPS) is 11.9. The zero-order valence-corrected chi connectivity index (χ0v) is 11.1. The molecule has 16 heavy (non-hydrogen) atoms. The predicted octanol–water partition coefficient (Wildman–Crippen LogP) is 1.01. The summed E-state index contributed by atoms with van der Waals surface area (Å²) in [4.78, 5) is 0. The van der Waals surface area contributed by atoms with Crippen LogP contribution in [0.5, 0.6) is 0 Å². The van der Waals surface area contributed by atoms with Gasteiger partial charge in [0, 0.05) is 11.8 Å². The Balaban J connectivity index is 2.67.